The van der Waals surface area contributed by atoms with Gasteiger partial charge in [-0.1, -0.05) is 6.07 Å². The van der Waals surface area contributed by atoms with Crippen molar-refractivity contribution < 1.29 is 17.9 Å². The Labute approximate surface area is 97.2 Å². The quantitative estimate of drug-likeness (QED) is 0.796. The molecule has 2 rings (SSSR count). The third-order valence-corrected chi connectivity index (χ3v) is 2.47. The van der Waals surface area contributed by atoms with Crippen LogP contribution in [0.5, 0.6) is 5.75 Å². The Balaban J connectivity index is 2.10. The molecule has 6 heteroatoms. The summed E-state index contributed by atoms with van der Waals surface area (Å²) >= 11 is 0. The van der Waals surface area contributed by atoms with E-state index in [0.29, 0.717) is 13.1 Å². The van der Waals surface area contributed by atoms with Gasteiger partial charge in [0, 0.05) is 37.9 Å². The van der Waals surface area contributed by atoms with Gasteiger partial charge in [0.2, 0.25) is 0 Å². The largest absolute Gasteiger partial charge is 0.573 e. The Morgan fingerprint density at radius 3 is 2.53 bits per heavy atom. The Morgan fingerprint density at radius 2 is 1.88 bits per heavy atom. The number of ether oxygens (including phenoxy) is 1. The van der Waals surface area contributed by atoms with Crippen molar-refractivity contribution in [1.82, 2.24) is 5.32 Å². The van der Waals surface area contributed by atoms with Crippen LogP contribution >= 0.6 is 0 Å². The number of piperazine rings is 1. The van der Waals surface area contributed by atoms with E-state index < -0.39 is 6.36 Å². The number of halogens is 3. The molecule has 0 aromatic heterocycles. The summed E-state index contributed by atoms with van der Waals surface area (Å²) in [7, 11) is 0. The molecule has 0 atom stereocenters. The number of alkyl halides is 3. The summed E-state index contributed by atoms with van der Waals surface area (Å²) in [4.78, 5) is 2.00. The molecule has 0 unspecified atom stereocenters. The molecule has 1 heterocycles. The fraction of sp³-hybridized carbons (Fsp3) is 0.455. The first-order valence-corrected chi connectivity index (χ1v) is 5.29. The maximum atomic E-state index is 12.1. The molecule has 0 N–H and O–H groups in total. The van der Waals surface area contributed by atoms with Crippen LogP contribution in [0, 0.1) is 0 Å². The summed E-state index contributed by atoms with van der Waals surface area (Å²) < 4.78 is 40.1. The van der Waals surface area contributed by atoms with Crippen LogP contribution in [0.2, 0.25) is 0 Å². The minimum atomic E-state index is -4.64. The molecule has 0 bridgehead atoms. The molecule has 1 aliphatic heterocycles. The Bertz CT molecular complexity index is 375. The summed E-state index contributed by atoms with van der Waals surface area (Å²) in [5.74, 6) is -0.183. The number of nitrogens with zero attached hydrogens (tertiary/aromatic N) is 2. The van der Waals surface area contributed by atoms with Crippen molar-refractivity contribution in [3.8, 4) is 5.75 Å². The molecule has 17 heavy (non-hydrogen) atoms. The van der Waals surface area contributed by atoms with Crippen LogP contribution in [0.15, 0.2) is 24.3 Å². The van der Waals surface area contributed by atoms with Crippen LogP contribution in [-0.2, 0) is 0 Å². The molecule has 0 aliphatic carbocycles. The van der Waals surface area contributed by atoms with E-state index in [1.165, 1.54) is 12.1 Å². The van der Waals surface area contributed by atoms with Crippen LogP contribution in [0.3, 0.4) is 0 Å². The maximum Gasteiger partial charge on any atom is 0.573 e. The molecule has 93 valence electrons. The van der Waals surface area contributed by atoms with E-state index >= 15 is 0 Å². The molecule has 1 radical (unpaired) electrons. The van der Waals surface area contributed by atoms with Gasteiger partial charge in [-0.2, -0.15) is 0 Å². The second-order valence-electron chi connectivity index (χ2n) is 3.70. The molecule has 3 nitrogen and oxygen atoms in total. The molecular formula is C11H12F3N2O. The van der Waals surface area contributed by atoms with Gasteiger partial charge in [0.25, 0.3) is 0 Å². The highest BCUT2D eigenvalue weighted by molar-refractivity contribution is 5.51. The lowest BCUT2D eigenvalue weighted by atomic mass is 10.2. The van der Waals surface area contributed by atoms with Gasteiger partial charge < -0.3 is 9.64 Å². The van der Waals surface area contributed by atoms with Gasteiger partial charge in [-0.25, -0.2) is 5.32 Å². The molecule has 0 amide bonds. The topological polar surface area (TPSA) is 26.6 Å². The van der Waals surface area contributed by atoms with Gasteiger partial charge >= 0.3 is 6.36 Å². The Kier molecular flexibility index (Phi) is 3.42. The van der Waals surface area contributed by atoms with E-state index in [1.54, 1.807) is 12.1 Å². The Hall–Kier alpha value is -1.43. The van der Waals surface area contributed by atoms with Gasteiger partial charge in [-0.15, -0.1) is 13.2 Å². The second-order valence-corrected chi connectivity index (χ2v) is 3.70. The van der Waals surface area contributed by atoms with E-state index in [0.717, 1.165) is 18.8 Å². The first kappa shape index (κ1) is 12.0. The molecular weight excluding hydrogens is 233 g/mol. The summed E-state index contributed by atoms with van der Waals surface area (Å²) in [5, 5.41) is 4.18. The lowest BCUT2D eigenvalue weighted by Gasteiger charge is -2.28. The number of hydrogen-bond acceptors (Lipinski definition) is 2. The lowest BCUT2D eigenvalue weighted by molar-refractivity contribution is -0.274. The first-order valence-electron chi connectivity index (χ1n) is 5.29. The van der Waals surface area contributed by atoms with E-state index in [-0.39, 0.29) is 5.75 Å². The third-order valence-electron chi connectivity index (χ3n) is 2.47. The molecule has 1 saturated heterocycles. The fourth-order valence-electron chi connectivity index (χ4n) is 1.74. The van der Waals surface area contributed by atoms with Crippen LogP contribution < -0.4 is 15.0 Å². The number of anilines is 1. The first-order chi connectivity index (χ1) is 8.04. The van der Waals surface area contributed by atoms with Crippen molar-refractivity contribution in [2.75, 3.05) is 31.1 Å². The number of rotatable bonds is 2. The highest BCUT2D eigenvalue weighted by atomic mass is 19.4. The van der Waals surface area contributed by atoms with Crippen molar-refractivity contribution in [3.05, 3.63) is 24.3 Å². The van der Waals surface area contributed by atoms with Gasteiger partial charge in [0.1, 0.15) is 5.75 Å². The van der Waals surface area contributed by atoms with Crippen molar-refractivity contribution >= 4 is 5.69 Å². The average Bonchev–Trinajstić information content (AvgIpc) is 2.28. The normalized spacial score (nSPS) is 17.0. The van der Waals surface area contributed by atoms with Crippen molar-refractivity contribution in [2.24, 2.45) is 0 Å². The zero-order valence-electron chi connectivity index (χ0n) is 9.07. The molecule has 1 aliphatic rings. The van der Waals surface area contributed by atoms with Crippen LogP contribution in [-0.4, -0.2) is 32.5 Å². The SMILES string of the molecule is FC(F)(F)Oc1cccc(N2CC[N]CC2)c1. The van der Waals surface area contributed by atoms with Gasteiger partial charge in [-0.05, 0) is 12.1 Å². The van der Waals surface area contributed by atoms with Gasteiger partial charge in [0.05, 0.1) is 0 Å². The highest BCUT2D eigenvalue weighted by Gasteiger charge is 2.31. The average molecular weight is 245 g/mol. The van der Waals surface area contributed by atoms with Crippen LogP contribution in [0.4, 0.5) is 18.9 Å². The van der Waals surface area contributed by atoms with Crippen molar-refractivity contribution in [1.29, 1.82) is 0 Å². The Morgan fingerprint density at radius 1 is 1.18 bits per heavy atom. The lowest BCUT2D eigenvalue weighted by Crippen LogP contribution is -2.40. The predicted octanol–water partition coefficient (Wildman–Crippen LogP) is 2.01. The number of hydrogen-bond donors (Lipinski definition) is 0. The summed E-state index contributed by atoms with van der Waals surface area (Å²) in [6.07, 6.45) is -4.64. The van der Waals surface area contributed by atoms with Crippen LogP contribution in [0.1, 0.15) is 0 Å². The third kappa shape index (κ3) is 3.52. The minimum Gasteiger partial charge on any atom is -0.406 e. The molecule has 1 aromatic rings. The second kappa shape index (κ2) is 4.83. The number of benzene rings is 1. The zero-order valence-corrected chi connectivity index (χ0v) is 9.07. The van der Waals surface area contributed by atoms with Gasteiger partial charge in [0.15, 0.2) is 0 Å². The molecule has 1 fully saturated rings. The van der Waals surface area contributed by atoms with Crippen molar-refractivity contribution in [2.45, 2.75) is 6.36 Å². The predicted molar refractivity (Wildman–Crippen MR) is 57.2 cm³/mol. The van der Waals surface area contributed by atoms with Gasteiger partial charge in [-0.3, -0.25) is 0 Å². The zero-order chi connectivity index (χ0) is 12.3. The monoisotopic (exact) mass is 245 g/mol. The highest BCUT2D eigenvalue weighted by Crippen LogP contribution is 2.26. The molecule has 0 saturated carbocycles. The van der Waals surface area contributed by atoms with E-state index in [2.05, 4.69) is 10.1 Å². The molecule has 1 aromatic carbocycles. The molecule has 0 spiro atoms. The summed E-state index contributed by atoms with van der Waals surface area (Å²) in [6, 6.07) is 6.03. The smallest absolute Gasteiger partial charge is 0.406 e. The van der Waals surface area contributed by atoms with E-state index in [9.17, 15) is 13.2 Å². The standard InChI is InChI=1S/C11H12F3N2O/c12-11(13,14)17-10-3-1-2-9(8-10)16-6-4-15-5-7-16/h1-3,8H,4-7H2. The maximum absolute atomic E-state index is 12.1. The minimum absolute atomic E-state index is 0.183. The summed E-state index contributed by atoms with van der Waals surface area (Å²) in [5.41, 5.74) is 0.738. The van der Waals surface area contributed by atoms with Crippen molar-refractivity contribution in [3.63, 3.8) is 0 Å². The summed E-state index contributed by atoms with van der Waals surface area (Å²) in [6.45, 7) is 2.89. The van der Waals surface area contributed by atoms with E-state index in [1.807, 2.05) is 4.90 Å². The fourth-order valence-corrected chi connectivity index (χ4v) is 1.74. The van der Waals surface area contributed by atoms with Crippen LogP contribution in [0.25, 0.3) is 0 Å². The van der Waals surface area contributed by atoms with E-state index in [4.69, 9.17) is 0 Å².